The van der Waals surface area contributed by atoms with E-state index >= 15 is 0 Å². The van der Waals surface area contributed by atoms with Crippen molar-refractivity contribution in [2.45, 2.75) is 12.3 Å². The Balaban J connectivity index is 2.86. The second kappa shape index (κ2) is 3.06. The van der Waals surface area contributed by atoms with Gasteiger partial charge in [-0.2, -0.15) is 23.4 Å². The predicted octanol–water partition coefficient (Wildman–Crippen LogP) is 1.07. The van der Waals surface area contributed by atoms with Crippen LogP contribution in [0.2, 0.25) is 0 Å². The van der Waals surface area contributed by atoms with Gasteiger partial charge >= 0.3 is 6.18 Å². The summed E-state index contributed by atoms with van der Waals surface area (Å²) in [6.45, 7) is 0. The van der Waals surface area contributed by atoms with E-state index in [4.69, 9.17) is 5.11 Å². The summed E-state index contributed by atoms with van der Waals surface area (Å²) in [4.78, 5) is 0. The lowest BCUT2D eigenvalue weighted by atomic mass is 10.2. The smallest absolute Gasteiger partial charge is 0.378 e. The van der Waals surface area contributed by atoms with E-state index in [1.165, 1.54) is 12.3 Å². The molecule has 0 radical (unpaired) electrons. The van der Waals surface area contributed by atoms with E-state index < -0.39 is 18.0 Å². The highest BCUT2D eigenvalue weighted by molar-refractivity contribution is 5.04. The number of aliphatic hydroxyl groups excluding tert-OH is 1. The topological polar surface area (TPSA) is 46.0 Å². The zero-order valence-electron chi connectivity index (χ0n) is 5.78. The highest BCUT2D eigenvalue weighted by atomic mass is 19.4. The van der Waals surface area contributed by atoms with Gasteiger partial charge in [0.25, 0.3) is 0 Å². The fourth-order valence-corrected chi connectivity index (χ4v) is 0.627. The van der Waals surface area contributed by atoms with Crippen LogP contribution in [0.4, 0.5) is 13.2 Å². The van der Waals surface area contributed by atoms with E-state index in [1.54, 1.807) is 0 Å². The van der Waals surface area contributed by atoms with Crippen molar-refractivity contribution in [3.8, 4) is 0 Å². The molecule has 1 unspecified atom stereocenters. The molecule has 0 bridgehead atoms. The summed E-state index contributed by atoms with van der Waals surface area (Å²) in [6, 6.07) is 2.34. The van der Waals surface area contributed by atoms with Crippen molar-refractivity contribution >= 4 is 0 Å². The van der Waals surface area contributed by atoms with E-state index in [-0.39, 0.29) is 0 Å². The Morgan fingerprint density at radius 2 is 2.08 bits per heavy atom. The first-order valence-electron chi connectivity index (χ1n) is 3.04. The first kappa shape index (κ1) is 8.92. The summed E-state index contributed by atoms with van der Waals surface area (Å²) in [5.41, 5.74) is -0.495. The van der Waals surface area contributed by atoms with E-state index in [2.05, 4.69) is 10.2 Å². The standard InChI is InChI=1S/C6H5F3N2O/c7-6(8,9)5(12)4-2-1-3-10-11-4/h1-3,5,12H. The minimum Gasteiger partial charge on any atom is -0.378 e. The summed E-state index contributed by atoms with van der Waals surface area (Å²) in [6.07, 6.45) is -6.01. The quantitative estimate of drug-likeness (QED) is 0.699. The van der Waals surface area contributed by atoms with Crippen LogP contribution in [0.3, 0.4) is 0 Å². The zero-order chi connectivity index (χ0) is 9.19. The van der Waals surface area contributed by atoms with Crippen molar-refractivity contribution in [1.29, 1.82) is 0 Å². The molecule has 6 heteroatoms. The number of hydrogen-bond acceptors (Lipinski definition) is 3. The maximum Gasteiger partial charge on any atom is 0.420 e. The van der Waals surface area contributed by atoms with Gasteiger partial charge in [-0.1, -0.05) is 0 Å². The second-order valence-corrected chi connectivity index (χ2v) is 2.09. The first-order valence-corrected chi connectivity index (χ1v) is 3.04. The number of hydrogen-bond donors (Lipinski definition) is 1. The molecule has 1 atom stereocenters. The lowest BCUT2D eigenvalue weighted by molar-refractivity contribution is -0.208. The zero-order valence-corrected chi connectivity index (χ0v) is 5.78. The van der Waals surface area contributed by atoms with E-state index in [9.17, 15) is 13.2 Å². The van der Waals surface area contributed by atoms with Gasteiger partial charge in [0.05, 0.1) is 0 Å². The van der Waals surface area contributed by atoms with Gasteiger partial charge in [0.1, 0.15) is 5.69 Å². The fraction of sp³-hybridized carbons (Fsp3) is 0.333. The summed E-state index contributed by atoms with van der Waals surface area (Å²) in [7, 11) is 0. The molecule has 12 heavy (non-hydrogen) atoms. The second-order valence-electron chi connectivity index (χ2n) is 2.09. The predicted molar refractivity (Wildman–Crippen MR) is 33.0 cm³/mol. The normalized spacial score (nSPS) is 14.3. The molecule has 0 aliphatic carbocycles. The third-order valence-corrected chi connectivity index (χ3v) is 1.18. The fourth-order valence-electron chi connectivity index (χ4n) is 0.627. The first-order chi connectivity index (χ1) is 5.52. The van der Waals surface area contributed by atoms with Gasteiger partial charge in [0.2, 0.25) is 0 Å². The van der Waals surface area contributed by atoms with Crippen molar-refractivity contribution in [3.63, 3.8) is 0 Å². The van der Waals surface area contributed by atoms with Gasteiger partial charge < -0.3 is 5.11 Å². The number of aliphatic hydroxyl groups is 1. The van der Waals surface area contributed by atoms with Crippen LogP contribution in [0.25, 0.3) is 0 Å². The maximum absolute atomic E-state index is 11.8. The summed E-state index contributed by atoms with van der Waals surface area (Å²) in [5.74, 6) is 0. The molecule has 1 aromatic rings. The molecule has 0 saturated heterocycles. The molecule has 1 rings (SSSR count). The van der Waals surface area contributed by atoms with Crippen LogP contribution in [-0.4, -0.2) is 21.5 Å². The number of halogens is 3. The van der Waals surface area contributed by atoms with Crippen LogP contribution < -0.4 is 0 Å². The average Bonchev–Trinajstić information content (AvgIpc) is 2.03. The van der Waals surface area contributed by atoms with Crippen molar-refractivity contribution in [2.75, 3.05) is 0 Å². The average molecular weight is 178 g/mol. The Bertz CT molecular complexity index is 249. The largest absolute Gasteiger partial charge is 0.420 e. The Kier molecular flexibility index (Phi) is 2.27. The third-order valence-electron chi connectivity index (χ3n) is 1.18. The van der Waals surface area contributed by atoms with E-state index in [1.807, 2.05) is 0 Å². The highest BCUT2D eigenvalue weighted by Crippen LogP contribution is 2.30. The molecule has 0 saturated carbocycles. The molecular formula is C6H5F3N2O. The molecule has 0 aliphatic rings. The van der Waals surface area contributed by atoms with Gasteiger partial charge in [0, 0.05) is 6.20 Å². The molecule has 66 valence electrons. The molecule has 0 amide bonds. The van der Waals surface area contributed by atoms with Crippen molar-refractivity contribution in [3.05, 3.63) is 24.0 Å². The van der Waals surface area contributed by atoms with Gasteiger partial charge in [-0.05, 0) is 12.1 Å². The number of nitrogens with zero attached hydrogens (tertiary/aromatic N) is 2. The molecule has 1 N–H and O–H groups in total. The molecule has 0 fully saturated rings. The number of aromatic nitrogens is 2. The number of alkyl halides is 3. The minimum atomic E-state index is -4.68. The minimum absolute atomic E-state index is 0.495. The van der Waals surface area contributed by atoms with Gasteiger partial charge in [-0.3, -0.25) is 0 Å². The van der Waals surface area contributed by atoms with Gasteiger partial charge in [0.15, 0.2) is 6.10 Å². The van der Waals surface area contributed by atoms with Crippen molar-refractivity contribution < 1.29 is 18.3 Å². The molecule has 1 aromatic heterocycles. The van der Waals surface area contributed by atoms with Gasteiger partial charge in [-0.25, -0.2) is 0 Å². The van der Waals surface area contributed by atoms with Gasteiger partial charge in [-0.15, -0.1) is 0 Å². The highest BCUT2D eigenvalue weighted by Gasteiger charge is 2.40. The summed E-state index contributed by atoms with van der Waals surface area (Å²) >= 11 is 0. The Hall–Kier alpha value is -1.17. The van der Waals surface area contributed by atoms with Crippen molar-refractivity contribution in [2.24, 2.45) is 0 Å². The summed E-state index contributed by atoms with van der Waals surface area (Å²) in [5, 5.41) is 15.0. The summed E-state index contributed by atoms with van der Waals surface area (Å²) < 4.78 is 35.5. The SMILES string of the molecule is OC(c1cccnn1)C(F)(F)F. The molecule has 0 aliphatic heterocycles. The van der Waals surface area contributed by atoms with Crippen LogP contribution >= 0.6 is 0 Å². The lowest BCUT2D eigenvalue weighted by Gasteiger charge is -2.12. The van der Waals surface area contributed by atoms with Crippen molar-refractivity contribution in [1.82, 2.24) is 10.2 Å². The molecular weight excluding hydrogens is 173 g/mol. The maximum atomic E-state index is 11.8. The van der Waals surface area contributed by atoms with E-state index in [0.29, 0.717) is 0 Å². The van der Waals surface area contributed by atoms with Crippen LogP contribution in [0.1, 0.15) is 11.8 Å². The number of rotatable bonds is 1. The van der Waals surface area contributed by atoms with Crippen LogP contribution in [0, 0.1) is 0 Å². The Labute approximate surface area is 65.9 Å². The molecule has 0 aromatic carbocycles. The molecule has 1 heterocycles. The Morgan fingerprint density at radius 1 is 1.42 bits per heavy atom. The molecule has 3 nitrogen and oxygen atoms in total. The Morgan fingerprint density at radius 3 is 2.50 bits per heavy atom. The van der Waals surface area contributed by atoms with Crippen LogP contribution in [0.15, 0.2) is 18.3 Å². The lowest BCUT2D eigenvalue weighted by Crippen LogP contribution is -2.21. The van der Waals surface area contributed by atoms with Crippen LogP contribution in [0.5, 0.6) is 0 Å². The van der Waals surface area contributed by atoms with E-state index in [0.717, 1.165) is 6.07 Å². The van der Waals surface area contributed by atoms with Crippen LogP contribution in [-0.2, 0) is 0 Å². The third kappa shape index (κ3) is 1.91. The monoisotopic (exact) mass is 178 g/mol. The molecule has 0 spiro atoms.